The molecule has 2 nitrogen and oxygen atoms in total. The lowest BCUT2D eigenvalue weighted by Gasteiger charge is -2.02. The van der Waals surface area contributed by atoms with Crippen LogP contribution in [0.3, 0.4) is 0 Å². The minimum absolute atomic E-state index is 0.0516. The molecule has 0 bridgehead atoms. The first kappa shape index (κ1) is 9.93. The fraction of sp³-hybridized carbons (Fsp3) is 0. The molecule has 2 aromatic rings. The molecule has 0 aliphatic carbocycles. The molecule has 76 valence electrons. The quantitative estimate of drug-likeness (QED) is 0.792. The first-order chi connectivity index (χ1) is 7.18. The SMILES string of the molecule is O=c1[nH]cc(-c2ccccc2F)cc1Cl. The number of hydrogen-bond acceptors (Lipinski definition) is 1. The molecule has 1 heterocycles. The standard InChI is InChI=1S/C11H7ClFNO/c12-9-5-7(6-14-11(9)15)8-3-1-2-4-10(8)13/h1-6H,(H,14,15). The third-order valence-electron chi connectivity index (χ3n) is 2.04. The first-order valence-electron chi connectivity index (χ1n) is 4.31. The van der Waals surface area contributed by atoms with E-state index in [1.165, 1.54) is 18.3 Å². The van der Waals surface area contributed by atoms with Crippen molar-refractivity contribution in [3.63, 3.8) is 0 Å². The van der Waals surface area contributed by atoms with Crippen molar-refractivity contribution in [1.29, 1.82) is 0 Å². The normalized spacial score (nSPS) is 10.3. The molecule has 0 aliphatic heterocycles. The summed E-state index contributed by atoms with van der Waals surface area (Å²) in [5.41, 5.74) is 0.588. The lowest BCUT2D eigenvalue weighted by Crippen LogP contribution is -2.04. The van der Waals surface area contributed by atoms with E-state index in [-0.39, 0.29) is 16.4 Å². The van der Waals surface area contributed by atoms with Crippen molar-refractivity contribution in [3.8, 4) is 11.1 Å². The van der Waals surface area contributed by atoms with E-state index in [4.69, 9.17) is 11.6 Å². The molecule has 0 aliphatic rings. The fourth-order valence-corrected chi connectivity index (χ4v) is 1.48. The molecule has 0 atom stereocenters. The second-order valence-corrected chi connectivity index (χ2v) is 3.45. The van der Waals surface area contributed by atoms with Crippen LogP contribution in [0.4, 0.5) is 4.39 Å². The highest BCUT2D eigenvalue weighted by atomic mass is 35.5. The Bertz CT molecular complexity index is 550. The Labute approximate surface area is 90.3 Å². The van der Waals surface area contributed by atoms with Gasteiger partial charge in [0.05, 0.1) is 0 Å². The van der Waals surface area contributed by atoms with Gasteiger partial charge in [-0.15, -0.1) is 0 Å². The lowest BCUT2D eigenvalue weighted by molar-refractivity contribution is 0.631. The average Bonchev–Trinajstić information content (AvgIpc) is 2.23. The number of H-pyrrole nitrogens is 1. The Hall–Kier alpha value is -1.61. The van der Waals surface area contributed by atoms with Crippen LogP contribution < -0.4 is 5.56 Å². The predicted octanol–water partition coefficient (Wildman–Crippen LogP) is 2.83. The molecule has 0 amide bonds. The number of pyridine rings is 1. The monoisotopic (exact) mass is 223 g/mol. The van der Waals surface area contributed by atoms with E-state index in [0.29, 0.717) is 11.1 Å². The average molecular weight is 224 g/mol. The maximum atomic E-state index is 13.4. The molecule has 0 saturated heterocycles. The summed E-state index contributed by atoms with van der Waals surface area (Å²) in [6, 6.07) is 7.75. The molecule has 0 spiro atoms. The lowest BCUT2D eigenvalue weighted by atomic mass is 10.1. The predicted molar refractivity (Wildman–Crippen MR) is 57.5 cm³/mol. The van der Waals surface area contributed by atoms with Crippen molar-refractivity contribution in [2.75, 3.05) is 0 Å². The van der Waals surface area contributed by atoms with Crippen LogP contribution in [-0.2, 0) is 0 Å². The van der Waals surface area contributed by atoms with Gasteiger partial charge in [0.25, 0.3) is 5.56 Å². The van der Waals surface area contributed by atoms with Crippen LogP contribution in [0, 0.1) is 5.82 Å². The largest absolute Gasteiger partial charge is 0.327 e. The van der Waals surface area contributed by atoms with Gasteiger partial charge in [-0.25, -0.2) is 4.39 Å². The number of nitrogens with one attached hydrogen (secondary N) is 1. The molecule has 0 saturated carbocycles. The molecule has 0 fully saturated rings. The van der Waals surface area contributed by atoms with Crippen molar-refractivity contribution in [3.05, 3.63) is 57.7 Å². The number of halogens is 2. The summed E-state index contributed by atoms with van der Waals surface area (Å²) in [6.45, 7) is 0. The third-order valence-corrected chi connectivity index (χ3v) is 2.32. The van der Waals surface area contributed by atoms with Crippen molar-refractivity contribution in [1.82, 2.24) is 4.98 Å². The molecule has 0 unspecified atom stereocenters. The number of aromatic nitrogens is 1. The molecular weight excluding hydrogens is 217 g/mol. The summed E-state index contributed by atoms with van der Waals surface area (Å²) < 4.78 is 13.4. The minimum atomic E-state index is -0.378. The van der Waals surface area contributed by atoms with Crippen LogP contribution in [0.1, 0.15) is 0 Å². The highest BCUT2D eigenvalue weighted by molar-refractivity contribution is 6.30. The number of hydrogen-bond donors (Lipinski definition) is 1. The Balaban J connectivity index is 2.60. The molecular formula is C11H7ClFNO. The second-order valence-electron chi connectivity index (χ2n) is 3.05. The maximum Gasteiger partial charge on any atom is 0.266 e. The zero-order valence-corrected chi connectivity index (χ0v) is 8.38. The van der Waals surface area contributed by atoms with Gasteiger partial charge < -0.3 is 4.98 Å². The smallest absolute Gasteiger partial charge is 0.266 e. The molecule has 1 N–H and O–H groups in total. The van der Waals surface area contributed by atoms with Crippen molar-refractivity contribution < 1.29 is 4.39 Å². The summed E-state index contributed by atoms with van der Waals surface area (Å²) in [7, 11) is 0. The summed E-state index contributed by atoms with van der Waals surface area (Å²) in [4.78, 5) is 13.4. The van der Waals surface area contributed by atoms with Crippen molar-refractivity contribution >= 4 is 11.6 Å². The highest BCUT2D eigenvalue weighted by Crippen LogP contribution is 2.22. The van der Waals surface area contributed by atoms with E-state index in [2.05, 4.69) is 4.98 Å². The Morgan fingerprint density at radius 2 is 2.00 bits per heavy atom. The van der Waals surface area contributed by atoms with E-state index in [1.807, 2.05) is 0 Å². The molecule has 1 aromatic carbocycles. The highest BCUT2D eigenvalue weighted by Gasteiger charge is 2.05. The molecule has 1 aromatic heterocycles. The van der Waals surface area contributed by atoms with E-state index in [9.17, 15) is 9.18 Å². The molecule has 15 heavy (non-hydrogen) atoms. The van der Waals surface area contributed by atoms with Gasteiger partial charge in [-0.05, 0) is 12.1 Å². The van der Waals surface area contributed by atoms with Crippen molar-refractivity contribution in [2.45, 2.75) is 0 Å². The van der Waals surface area contributed by atoms with Gasteiger partial charge in [0, 0.05) is 17.3 Å². The van der Waals surface area contributed by atoms with Crippen LogP contribution in [0.5, 0.6) is 0 Å². The van der Waals surface area contributed by atoms with Gasteiger partial charge in [0.2, 0.25) is 0 Å². The minimum Gasteiger partial charge on any atom is -0.327 e. The number of rotatable bonds is 1. The summed E-state index contributed by atoms with van der Waals surface area (Å²) in [6.07, 6.45) is 1.44. The van der Waals surface area contributed by atoms with Crippen molar-refractivity contribution in [2.24, 2.45) is 0 Å². The van der Waals surface area contributed by atoms with Gasteiger partial charge in [-0.1, -0.05) is 29.8 Å². The van der Waals surface area contributed by atoms with Crippen LogP contribution in [0.25, 0.3) is 11.1 Å². The fourth-order valence-electron chi connectivity index (χ4n) is 1.31. The topological polar surface area (TPSA) is 32.9 Å². The van der Waals surface area contributed by atoms with Gasteiger partial charge in [0.1, 0.15) is 10.8 Å². The Morgan fingerprint density at radius 3 is 2.67 bits per heavy atom. The van der Waals surface area contributed by atoms with Gasteiger partial charge in [0.15, 0.2) is 0 Å². The van der Waals surface area contributed by atoms with Gasteiger partial charge >= 0.3 is 0 Å². The third kappa shape index (κ3) is 1.92. The molecule has 0 radical (unpaired) electrons. The van der Waals surface area contributed by atoms with E-state index in [1.54, 1.807) is 18.2 Å². The first-order valence-corrected chi connectivity index (χ1v) is 4.69. The van der Waals surface area contributed by atoms with Crippen LogP contribution in [-0.4, -0.2) is 4.98 Å². The summed E-state index contributed by atoms with van der Waals surface area (Å²) >= 11 is 5.65. The zero-order chi connectivity index (χ0) is 10.8. The second kappa shape index (κ2) is 3.87. The van der Waals surface area contributed by atoms with Gasteiger partial charge in [-0.2, -0.15) is 0 Å². The maximum absolute atomic E-state index is 13.4. The van der Waals surface area contributed by atoms with E-state index < -0.39 is 0 Å². The van der Waals surface area contributed by atoms with Crippen LogP contribution >= 0.6 is 11.6 Å². The van der Waals surface area contributed by atoms with Crippen LogP contribution in [0.2, 0.25) is 5.02 Å². The Morgan fingerprint density at radius 1 is 1.27 bits per heavy atom. The van der Waals surface area contributed by atoms with Crippen LogP contribution in [0.15, 0.2) is 41.3 Å². The van der Waals surface area contributed by atoms with E-state index in [0.717, 1.165) is 0 Å². The van der Waals surface area contributed by atoms with Gasteiger partial charge in [-0.3, -0.25) is 4.79 Å². The molecule has 2 rings (SSSR count). The Kier molecular flexibility index (Phi) is 2.56. The summed E-state index contributed by atoms with van der Waals surface area (Å²) in [5.74, 6) is -0.347. The number of benzene rings is 1. The molecule has 4 heteroatoms. The number of aromatic amines is 1. The zero-order valence-electron chi connectivity index (χ0n) is 7.63. The summed E-state index contributed by atoms with van der Waals surface area (Å²) in [5, 5.41) is 0.0516. The van der Waals surface area contributed by atoms with E-state index >= 15 is 0 Å².